The summed E-state index contributed by atoms with van der Waals surface area (Å²) in [4.78, 5) is 11.5. The van der Waals surface area contributed by atoms with Crippen molar-refractivity contribution in [3.8, 4) is 0 Å². The Hall–Kier alpha value is -1.35. The Bertz CT molecular complexity index is 680. The van der Waals surface area contributed by atoms with Gasteiger partial charge >= 0.3 is 5.97 Å². The molecule has 5 atom stereocenters. The van der Waals surface area contributed by atoms with Gasteiger partial charge in [-0.2, -0.15) is 0 Å². The molecular formula is C21H28O3. The van der Waals surface area contributed by atoms with E-state index >= 15 is 0 Å². The first-order chi connectivity index (χ1) is 11.4. The molecule has 3 aliphatic rings. The summed E-state index contributed by atoms with van der Waals surface area (Å²) in [5.74, 6) is -0.113. The molecule has 3 aliphatic carbocycles. The molecule has 0 aromatic heterocycles. The highest BCUT2D eigenvalue weighted by molar-refractivity contribution is 5.70. The minimum Gasteiger partial charge on any atom is -0.481 e. The van der Waals surface area contributed by atoms with Crippen molar-refractivity contribution < 1.29 is 15.0 Å². The summed E-state index contributed by atoms with van der Waals surface area (Å²) in [6, 6.07) is 4.53. The van der Waals surface area contributed by atoms with Crippen molar-refractivity contribution in [2.75, 3.05) is 0 Å². The van der Waals surface area contributed by atoms with E-state index in [9.17, 15) is 15.0 Å². The third-order valence-corrected chi connectivity index (χ3v) is 7.44. The topological polar surface area (TPSA) is 57.5 Å². The van der Waals surface area contributed by atoms with E-state index < -0.39 is 5.97 Å². The van der Waals surface area contributed by atoms with Crippen LogP contribution in [0, 0.1) is 17.3 Å². The lowest BCUT2D eigenvalue weighted by atomic mass is 9.60. The molecular weight excluding hydrogens is 300 g/mol. The number of benzene rings is 1. The predicted octanol–water partition coefficient (Wildman–Crippen LogP) is 3.70. The molecule has 2 unspecified atom stereocenters. The van der Waals surface area contributed by atoms with E-state index in [1.807, 2.05) is 6.92 Å². The van der Waals surface area contributed by atoms with Crippen molar-refractivity contribution in [2.45, 2.75) is 70.8 Å². The van der Waals surface area contributed by atoms with Crippen LogP contribution in [-0.2, 0) is 24.1 Å². The highest BCUT2D eigenvalue weighted by Gasteiger charge is 2.52. The van der Waals surface area contributed by atoms with E-state index in [4.69, 9.17) is 0 Å². The average Bonchev–Trinajstić information content (AvgIpc) is 2.90. The molecule has 1 aromatic rings. The second-order valence-corrected chi connectivity index (χ2v) is 8.54. The molecule has 3 heteroatoms. The number of aliphatic hydroxyl groups is 1. The number of carboxylic acids is 1. The predicted molar refractivity (Wildman–Crippen MR) is 93.2 cm³/mol. The van der Waals surface area contributed by atoms with Crippen LogP contribution in [0.15, 0.2) is 12.1 Å². The highest BCUT2D eigenvalue weighted by atomic mass is 16.4. The fourth-order valence-electron chi connectivity index (χ4n) is 6.07. The largest absolute Gasteiger partial charge is 0.481 e. The van der Waals surface area contributed by atoms with Gasteiger partial charge in [-0.15, -0.1) is 0 Å². The summed E-state index contributed by atoms with van der Waals surface area (Å²) < 4.78 is 0. The molecule has 0 heterocycles. The van der Waals surface area contributed by atoms with Crippen LogP contribution in [0.2, 0.25) is 0 Å². The molecule has 4 rings (SSSR count). The maximum Gasteiger partial charge on any atom is 0.306 e. The van der Waals surface area contributed by atoms with Gasteiger partial charge in [0.05, 0.1) is 12.0 Å². The van der Waals surface area contributed by atoms with E-state index in [1.54, 1.807) is 0 Å². The van der Waals surface area contributed by atoms with Gasteiger partial charge in [0.15, 0.2) is 0 Å². The first kappa shape index (κ1) is 16.1. The fourth-order valence-corrected chi connectivity index (χ4v) is 6.07. The van der Waals surface area contributed by atoms with Gasteiger partial charge in [-0.3, -0.25) is 4.79 Å². The zero-order valence-corrected chi connectivity index (χ0v) is 14.7. The van der Waals surface area contributed by atoms with Crippen molar-refractivity contribution in [1.82, 2.24) is 0 Å². The second kappa shape index (κ2) is 5.59. The third kappa shape index (κ3) is 2.24. The van der Waals surface area contributed by atoms with E-state index in [2.05, 4.69) is 19.1 Å². The molecule has 0 saturated heterocycles. The third-order valence-electron chi connectivity index (χ3n) is 7.44. The average molecular weight is 328 g/mol. The molecule has 0 aliphatic heterocycles. The molecule has 0 radical (unpaired) electrons. The highest BCUT2D eigenvalue weighted by Crippen LogP contribution is 2.61. The van der Waals surface area contributed by atoms with Gasteiger partial charge in [0.25, 0.3) is 0 Å². The lowest BCUT2D eigenvalue weighted by Gasteiger charge is -2.44. The van der Waals surface area contributed by atoms with Gasteiger partial charge < -0.3 is 10.2 Å². The molecule has 24 heavy (non-hydrogen) atoms. The van der Waals surface area contributed by atoms with E-state index in [-0.39, 0.29) is 23.4 Å². The monoisotopic (exact) mass is 328 g/mol. The number of rotatable bonds is 2. The van der Waals surface area contributed by atoms with Gasteiger partial charge in [-0.1, -0.05) is 26.0 Å². The number of aliphatic hydroxyl groups excluding tert-OH is 1. The van der Waals surface area contributed by atoms with E-state index in [1.165, 1.54) is 22.3 Å². The van der Waals surface area contributed by atoms with E-state index in [0.717, 1.165) is 44.9 Å². The van der Waals surface area contributed by atoms with Crippen LogP contribution in [-0.4, -0.2) is 22.3 Å². The minimum absolute atomic E-state index is 0.118. The normalized spacial score (nSPS) is 35.7. The van der Waals surface area contributed by atoms with E-state index in [0.29, 0.717) is 5.92 Å². The van der Waals surface area contributed by atoms with Crippen molar-refractivity contribution in [3.63, 3.8) is 0 Å². The summed E-state index contributed by atoms with van der Waals surface area (Å²) in [5, 5.41) is 19.4. The summed E-state index contributed by atoms with van der Waals surface area (Å²) in [7, 11) is 0. The quantitative estimate of drug-likeness (QED) is 0.870. The van der Waals surface area contributed by atoms with Crippen LogP contribution >= 0.6 is 0 Å². The summed E-state index contributed by atoms with van der Waals surface area (Å²) in [5.41, 5.74) is 5.97. The van der Waals surface area contributed by atoms with Gasteiger partial charge in [0, 0.05) is 0 Å². The van der Waals surface area contributed by atoms with Crippen LogP contribution in [0.3, 0.4) is 0 Å². The molecule has 0 spiro atoms. The van der Waals surface area contributed by atoms with Crippen molar-refractivity contribution in [3.05, 3.63) is 34.4 Å². The number of aliphatic carboxylic acids is 1. The van der Waals surface area contributed by atoms with Gasteiger partial charge in [-0.05, 0) is 84.5 Å². The Labute approximate surface area is 144 Å². The Kier molecular flexibility index (Phi) is 3.76. The maximum atomic E-state index is 11.5. The van der Waals surface area contributed by atoms with Gasteiger partial charge in [-0.25, -0.2) is 0 Å². The standard InChI is InChI=1S/C21H28O3/c1-12(20(23)24)18-7-8-19-17-5-3-13-11-14(22)4-6-15(13)16(17)9-10-21(18,19)2/h3,5,12,14,18-19,22H,4,6-11H2,1-2H3,(H,23,24)/t12?,14-,18?,19-,21+/m0/s1. The number of fused-ring (bicyclic) bond motifs is 5. The first-order valence-corrected chi connectivity index (χ1v) is 9.46. The number of hydrogen-bond acceptors (Lipinski definition) is 2. The molecule has 1 saturated carbocycles. The van der Waals surface area contributed by atoms with Crippen molar-refractivity contribution in [2.24, 2.45) is 17.3 Å². The number of hydrogen-bond donors (Lipinski definition) is 2. The lowest BCUT2D eigenvalue weighted by Crippen LogP contribution is -2.38. The number of carbonyl (C=O) groups is 1. The Balaban J connectivity index is 1.72. The zero-order chi connectivity index (χ0) is 17.1. The summed E-state index contributed by atoms with van der Waals surface area (Å²) in [6.45, 7) is 4.23. The second-order valence-electron chi connectivity index (χ2n) is 8.54. The fraction of sp³-hybridized carbons (Fsp3) is 0.667. The van der Waals surface area contributed by atoms with Crippen molar-refractivity contribution in [1.29, 1.82) is 0 Å². The first-order valence-electron chi connectivity index (χ1n) is 9.46. The number of carboxylic acid groups (broad SMARTS) is 1. The molecule has 0 bridgehead atoms. The smallest absolute Gasteiger partial charge is 0.306 e. The Morgan fingerprint density at radius 2 is 2.00 bits per heavy atom. The summed E-state index contributed by atoms with van der Waals surface area (Å²) in [6.07, 6.45) is 6.82. The molecule has 0 amide bonds. The zero-order valence-electron chi connectivity index (χ0n) is 14.7. The minimum atomic E-state index is -0.646. The summed E-state index contributed by atoms with van der Waals surface area (Å²) >= 11 is 0. The van der Waals surface area contributed by atoms with Crippen LogP contribution in [0.4, 0.5) is 0 Å². The molecule has 3 nitrogen and oxygen atoms in total. The maximum absolute atomic E-state index is 11.5. The Morgan fingerprint density at radius 3 is 2.75 bits per heavy atom. The van der Waals surface area contributed by atoms with Crippen LogP contribution in [0.25, 0.3) is 0 Å². The lowest BCUT2D eigenvalue weighted by molar-refractivity contribution is -0.144. The van der Waals surface area contributed by atoms with Gasteiger partial charge in [0.2, 0.25) is 0 Å². The SMILES string of the molecule is CC(C(=O)O)C1CC[C@H]2c3ccc4c(c3CC[C@]12C)CC[C@H](O)C4. The molecule has 130 valence electrons. The van der Waals surface area contributed by atoms with Crippen molar-refractivity contribution >= 4 is 5.97 Å². The molecule has 2 N–H and O–H groups in total. The Morgan fingerprint density at radius 1 is 1.21 bits per heavy atom. The molecule has 1 fully saturated rings. The van der Waals surface area contributed by atoms with Crippen LogP contribution in [0.1, 0.15) is 67.7 Å². The van der Waals surface area contributed by atoms with Crippen LogP contribution < -0.4 is 0 Å². The van der Waals surface area contributed by atoms with Gasteiger partial charge in [0.1, 0.15) is 0 Å². The molecule has 1 aromatic carbocycles. The van der Waals surface area contributed by atoms with Crippen LogP contribution in [0.5, 0.6) is 0 Å².